The molecule has 0 aromatic heterocycles. The van der Waals surface area contributed by atoms with Crippen LogP contribution in [0.25, 0.3) is 0 Å². The predicted molar refractivity (Wildman–Crippen MR) is 74.4 cm³/mol. The van der Waals surface area contributed by atoms with Crippen molar-refractivity contribution in [2.24, 2.45) is 0 Å². The van der Waals surface area contributed by atoms with Crippen LogP contribution in [0.4, 0.5) is 5.69 Å². The summed E-state index contributed by atoms with van der Waals surface area (Å²) in [5.41, 5.74) is -0.338. The van der Waals surface area contributed by atoms with Crippen molar-refractivity contribution in [3.8, 4) is 0 Å². The Labute approximate surface area is 122 Å². The molecule has 0 spiro atoms. The Morgan fingerprint density at radius 1 is 1.50 bits per heavy atom. The number of hydrogen-bond donors (Lipinski definition) is 1. The Morgan fingerprint density at radius 2 is 2.15 bits per heavy atom. The van der Waals surface area contributed by atoms with Crippen molar-refractivity contribution < 1.29 is 18.1 Å². The fourth-order valence-corrected chi connectivity index (χ4v) is 3.35. The van der Waals surface area contributed by atoms with Gasteiger partial charge in [-0.25, -0.2) is 13.1 Å². The number of sulfonamides is 1. The predicted octanol–water partition coefficient (Wildman–Crippen LogP) is 1.95. The van der Waals surface area contributed by atoms with Gasteiger partial charge in [0.1, 0.15) is 4.90 Å². The number of methoxy groups -OCH3 is 1. The molecule has 1 N–H and O–H groups in total. The van der Waals surface area contributed by atoms with Gasteiger partial charge < -0.3 is 4.74 Å². The molecular weight excluding hydrogens is 308 g/mol. The number of nitrogens with zero attached hydrogens (tertiary/aromatic N) is 1. The van der Waals surface area contributed by atoms with E-state index in [9.17, 15) is 18.5 Å². The van der Waals surface area contributed by atoms with Crippen molar-refractivity contribution in [1.29, 1.82) is 0 Å². The van der Waals surface area contributed by atoms with Gasteiger partial charge in [0.25, 0.3) is 5.69 Å². The number of ether oxygens (including phenoxy) is 1. The number of non-ortho nitro benzene ring substituents is 1. The van der Waals surface area contributed by atoms with E-state index in [0.29, 0.717) is 6.42 Å². The van der Waals surface area contributed by atoms with Crippen LogP contribution in [-0.2, 0) is 14.8 Å². The van der Waals surface area contributed by atoms with Gasteiger partial charge in [0.05, 0.1) is 16.6 Å². The minimum Gasteiger partial charge on any atom is -0.383 e. The van der Waals surface area contributed by atoms with Gasteiger partial charge in [-0.05, 0) is 12.5 Å². The fourth-order valence-electron chi connectivity index (χ4n) is 1.53. The molecule has 0 radical (unpaired) electrons. The van der Waals surface area contributed by atoms with Gasteiger partial charge in [-0.1, -0.05) is 18.5 Å². The van der Waals surface area contributed by atoms with E-state index in [-0.39, 0.29) is 22.2 Å². The largest absolute Gasteiger partial charge is 0.383 e. The van der Waals surface area contributed by atoms with Crippen molar-refractivity contribution >= 4 is 27.3 Å². The second-order valence-electron chi connectivity index (χ2n) is 4.05. The third-order valence-corrected chi connectivity index (χ3v) is 4.60. The highest BCUT2D eigenvalue weighted by molar-refractivity contribution is 7.89. The average molecular weight is 323 g/mol. The summed E-state index contributed by atoms with van der Waals surface area (Å²) in [6.45, 7) is 1.99. The molecule has 1 unspecified atom stereocenters. The number of halogens is 1. The molecule has 1 atom stereocenters. The molecule has 112 valence electrons. The van der Waals surface area contributed by atoms with E-state index in [4.69, 9.17) is 16.3 Å². The molecule has 0 saturated carbocycles. The molecule has 0 amide bonds. The molecule has 1 aromatic rings. The van der Waals surface area contributed by atoms with Crippen molar-refractivity contribution in [3.05, 3.63) is 33.3 Å². The number of benzene rings is 1. The summed E-state index contributed by atoms with van der Waals surface area (Å²) < 4.78 is 31.7. The van der Waals surface area contributed by atoms with E-state index in [1.807, 2.05) is 0 Å². The summed E-state index contributed by atoms with van der Waals surface area (Å²) in [6.07, 6.45) is 0.514. The summed E-state index contributed by atoms with van der Waals surface area (Å²) in [5.74, 6) is 0. The molecule has 7 nitrogen and oxygen atoms in total. The molecule has 0 bridgehead atoms. The lowest BCUT2D eigenvalue weighted by atomic mass is 10.3. The maximum atomic E-state index is 12.2. The third-order valence-electron chi connectivity index (χ3n) is 2.60. The average Bonchev–Trinajstić information content (AvgIpc) is 2.37. The summed E-state index contributed by atoms with van der Waals surface area (Å²) >= 11 is 5.82. The molecule has 0 aliphatic carbocycles. The van der Waals surface area contributed by atoms with E-state index >= 15 is 0 Å². The van der Waals surface area contributed by atoms with Crippen LogP contribution in [0.2, 0.25) is 5.02 Å². The zero-order valence-corrected chi connectivity index (χ0v) is 12.6. The second-order valence-corrected chi connectivity index (χ2v) is 6.14. The minimum absolute atomic E-state index is 0.0737. The maximum Gasteiger partial charge on any atom is 0.270 e. The van der Waals surface area contributed by atoms with Crippen LogP contribution in [-0.4, -0.2) is 33.1 Å². The van der Waals surface area contributed by atoms with Gasteiger partial charge >= 0.3 is 0 Å². The SMILES string of the molecule is CCC(COC)NS(=O)(=O)c1cc([N+](=O)[O-])ccc1Cl. The van der Waals surface area contributed by atoms with Crippen LogP contribution in [0, 0.1) is 10.1 Å². The first-order valence-electron chi connectivity index (χ1n) is 5.77. The Morgan fingerprint density at radius 3 is 2.65 bits per heavy atom. The molecule has 0 aliphatic rings. The molecule has 0 saturated heterocycles. The first-order chi connectivity index (χ1) is 9.31. The highest BCUT2D eigenvalue weighted by atomic mass is 35.5. The Bertz CT molecular complexity index is 590. The maximum absolute atomic E-state index is 12.2. The summed E-state index contributed by atoms with van der Waals surface area (Å²) in [4.78, 5) is 9.70. The number of nitro groups is 1. The lowest BCUT2D eigenvalue weighted by molar-refractivity contribution is -0.385. The second kappa shape index (κ2) is 6.98. The Hall–Kier alpha value is -1.22. The van der Waals surface area contributed by atoms with Crippen molar-refractivity contribution in [3.63, 3.8) is 0 Å². The standard InChI is InChI=1S/C11H15ClN2O5S/c1-3-8(7-19-2)13-20(17,18)11-6-9(14(15)16)4-5-10(11)12/h4-6,8,13H,3,7H2,1-2H3. The van der Waals surface area contributed by atoms with Gasteiger partial charge in [0.15, 0.2) is 0 Å². The number of rotatable bonds is 7. The highest BCUT2D eigenvalue weighted by Crippen LogP contribution is 2.26. The number of hydrogen-bond acceptors (Lipinski definition) is 5. The Balaban J connectivity index is 3.14. The highest BCUT2D eigenvalue weighted by Gasteiger charge is 2.24. The van der Waals surface area contributed by atoms with Crippen LogP contribution < -0.4 is 4.72 Å². The van der Waals surface area contributed by atoms with Crippen molar-refractivity contribution in [2.75, 3.05) is 13.7 Å². The summed E-state index contributed by atoms with van der Waals surface area (Å²) in [6, 6.07) is 2.84. The van der Waals surface area contributed by atoms with Crippen molar-refractivity contribution in [1.82, 2.24) is 4.72 Å². The number of nitro benzene ring substituents is 1. The first-order valence-corrected chi connectivity index (χ1v) is 7.63. The van der Waals surface area contributed by atoms with E-state index < -0.39 is 21.0 Å². The summed E-state index contributed by atoms with van der Waals surface area (Å²) in [5, 5.41) is 10.6. The zero-order chi connectivity index (χ0) is 15.3. The minimum atomic E-state index is -3.95. The third kappa shape index (κ3) is 4.14. The molecule has 20 heavy (non-hydrogen) atoms. The van der Waals surface area contributed by atoms with Gasteiger partial charge in [-0.3, -0.25) is 10.1 Å². The van der Waals surface area contributed by atoms with E-state index in [1.54, 1.807) is 6.92 Å². The molecule has 1 rings (SSSR count). The Kier molecular flexibility index (Phi) is 5.88. The monoisotopic (exact) mass is 322 g/mol. The zero-order valence-electron chi connectivity index (χ0n) is 11.0. The first kappa shape index (κ1) is 16.8. The van der Waals surface area contributed by atoms with Crippen molar-refractivity contribution in [2.45, 2.75) is 24.3 Å². The van der Waals surface area contributed by atoms with Gasteiger partial charge in [-0.2, -0.15) is 0 Å². The molecule has 0 fully saturated rings. The molecule has 9 heteroatoms. The van der Waals surface area contributed by atoms with Gasteiger partial charge in [0.2, 0.25) is 10.0 Å². The fraction of sp³-hybridized carbons (Fsp3) is 0.455. The quantitative estimate of drug-likeness (QED) is 0.611. The smallest absolute Gasteiger partial charge is 0.270 e. The topological polar surface area (TPSA) is 98.5 Å². The van der Waals surface area contributed by atoms with E-state index in [0.717, 1.165) is 12.1 Å². The lowest BCUT2D eigenvalue weighted by Crippen LogP contribution is -2.37. The van der Waals surface area contributed by atoms with Crippen LogP contribution in [0.3, 0.4) is 0 Å². The van der Waals surface area contributed by atoms with Gasteiger partial charge in [-0.15, -0.1) is 0 Å². The molecule has 1 aromatic carbocycles. The molecule has 0 aliphatic heterocycles. The normalized spacial score (nSPS) is 13.2. The van der Waals surface area contributed by atoms with Gasteiger partial charge in [0, 0.05) is 25.3 Å². The van der Waals surface area contributed by atoms with Crippen LogP contribution in [0.1, 0.15) is 13.3 Å². The van der Waals surface area contributed by atoms with E-state index in [1.165, 1.54) is 13.2 Å². The lowest BCUT2D eigenvalue weighted by Gasteiger charge is -2.16. The van der Waals surface area contributed by atoms with Crippen LogP contribution in [0.5, 0.6) is 0 Å². The molecule has 0 heterocycles. The summed E-state index contributed by atoms with van der Waals surface area (Å²) in [7, 11) is -2.49. The van der Waals surface area contributed by atoms with Crippen LogP contribution in [0.15, 0.2) is 23.1 Å². The van der Waals surface area contributed by atoms with Crippen LogP contribution >= 0.6 is 11.6 Å². The molecular formula is C11H15ClN2O5S. The van der Waals surface area contributed by atoms with E-state index in [2.05, 4.69) is 4.72 Å². The number of nitrogens with one attached hydrogen (secondary N) is 1.